The minimum Gasteiger partial charge on any atom is -0.493 e. The standard InChI is InChI=1S/C19H19N3O2S.BrH/c20-19(21)25-13-14-6-8-17(9-7-14)23-11-10-16-12-24-18(22-16)15-4-2-1-3-5-15;/h1-9,12H,10-11,13H2,(H3,20,21);1H. The van der Waals surface area contributed by atoms with Crippen molar-refractivity contribution in [3.8, 4) is 17.2 Å². The molecule has 3 rings (SSSR count). The first kappa shape index (κ1) is 20.1. The van der Waals surface area contributed by atoms with Crippen LogP contribution in [0.3, 0.4) is 0 Å². The molecular formula is C19H20BrN3O2S. The molecule has 0 aliphatic heterocycles. The van der Waals surface area contributed by atoms with Crippen molar-refractivity contribution in [2.45, 2.75) is 12.2 Å². The van der Waals surface area contributed by atoms with Crippen LogP contribution in [-0.4, -0.2) is 16.8 Å². The lowest BCUT2D eigenvalue weighted by molar-refractivity contribution is 0.320. The van der Waals surface area contributed by atoms with Crippen LogP contribution in [0.25, 0.3) is 11.5 Å². The summed E-state index contributed by atoms with van der Waals surface area (Å²) in [4.78, 5) is 4.49. The topological polar surface area (TPSA) is 85.1 Å². The molecule has 0 unspecified atom stereocenters. The number of benzene rings is 2. The third kappa shape index (κ3) is 5.93. The van der Waals surface area contributed by atoms with Gasteiger partial charge in [-0.1, -0.05) is 42.1 Å². The lowest BCUT2D eigenvalue weighted by Crippen LogP contribution is -2.04. The molecule has 0 atom stereocenters. The van der Waals surface area contributed by atoms with E-state index in [1.165, 1.54) is 11.8 Å². The van der Waals surface area contributed by atoms with Gasteiger partial charge < -0.3 is 14.9 Å². The zero-order valence-electron chi connectivity index (χ0n) is 14.1. The number of hydrogen-bond donors (Lipinski definition) is 2. The summed E-state index contributed by atoms with van der Waals surface area (Å²) in [6, 6.07) is 17.6. The number of hydrogen-bond acceptors (Lipinski definition) is 5. The summed E-state index contributed by atoms with van der Waals surface area (Å²) in [6.07, 6.45) is 2.35. The number of ether oxygens (including phenoxy) is 1. The van der Waals surface area contributed by atoms with Gasteiger partial charge in [-0.25, -0.2) is 4.98 Å². The van der Waals surface area contributed by atoms with Crippen LogP contribution < -0.4 is 10.5 Å². The van der Waals surface area contributed by atoms with Crippen molar-refractivity contribution < 1.29 is 9.15 Å². The highest BCUT2D eigenvalue weighted by Crippen LogP contribution is 2.19. The largest absolute Gasteiger partial charge is 0.493 e. The van der Waals surface area contributed by atoms with Gasteiger partial charge in [0.05, 0.1) is 12.3 Å². The molecule has 26 heavy (non-hydrogen) atoms. The van der Waals surface area contributed by atoms with Gasteiger partial charge in [0, 0.05) is 17.7 Å². The van der Waals surface area contributed by atoms with Crippen molar-refractivity contribution >= 4 is 33.9 Å². The number of amidine groups is 1. The summed E-state index contributed by atoms with van der Waals surface area (Å²) in [5.74, 6) is 2.13. The van der Waals surface area contributed by atoms with Gasteiger partial charge in [-0.15, -0.1) is 17.0 Å². The summed E-state index contributed by atoms with van der Waals surface area (Å²) in [7, 11) is 0. The Bertz CT molecular complexity index is 822. The maximum Gasteiger partial charge on any atom is 0.226 e. The highest BCUT2D eigenvalue weighted by atomic mass is 79.9. The summed E-state index contributed by atoms with van der Waals surface area (Å²) in [6.45, 7) is 0.530. The zero-order valence-corrected chi connectivity index (χ0v) is 16.6. The minimum absolute atomic E-state index is 0. The van der Waals surface area contributed by atoms with Gasteiger partial charge >= 0.3 is 0 Å². The molecule has 1 heterocycles. The normalized spacial score (nSPS) is 10.2. The minimum atomic E-state index is 0. The average molecular weight is 434 g/mol. The Balaban J connectivity index is 0.00000243. The Morgan fingerprint density at radius 2 is 1.85 bits per heavy atom. The second-order valence-electron chi connectivity index (χ2n) is 5.41. The Morgan fingerprint density at radius 3 is 2.54 bits per heavy atom. The van der Waals surface area contributed by atoms with Gasteiger partial charge in [0.1, 0.15) is 12.0 Å². The second kappa shape index (κ2) is 10.0. The molecular weight excluding hydrogens is 414 g/mol. The molecule has 0 aliphatic rings. The third-order valence-electron chi connectivity index (χ3n) is 3.52. The smallest absolute Gasteiger partial charge is 0.226 e. The maximum atomic E-state index is 7.22. The molecule has 0 radical (unpaired) electrons. The van der Waals surface area contributed by atoms with Gasteiger partial charge in [0.25, 0.3) is 0 Å². The van der Waals surface area contributed by atoms with E-state index in [9.17, 15) is 0 Å². The highest BCUT2D eigenvalue weighted by Gasteiger charge is 2.06. The summed E-state index contributed by atoms with van der Waals surface area (Å²) < 4.78 is 11.3. The predicted molar refractivity (Wildman–Crippen MR) is 111 cm³/mol. The van der Waals surface area contributed by atoms with E-state index >= 15 is 0 Å². The van der Waals surface area contributed by atoms with E-state index in [-0.39, 0.29) is 22.1 Å². The van der Waals surface area contributed by atoms with Crippen LogP contribution in [0.4, 0.5) is 0 Å². The molecule has 3 aromatic rings. The Hall–Kier alpha value is -2.25. The molecule has 0 bridgehead atoms. The van der Waals surface area contributed by atoms with Crippen LogP contribution in [-0.2, 0) is 12.2 Å². The number of rotatable bonds is 7. The van der Waals surface area contributed by atoms with Crippen LogP contribution in [0.15, 0.2) is 65.3 Å². The molecule has 2 aromatic carbocycles. The molecule has 0 amide bonds. The number of nitrogens with two attached hydrogens (primary N) is 1. The average Bonchev–Trinajstić information content (AvgIpc) is 3.11. The van der Waals surface area contributed by atoms with Crippen LogP contribution in [0, 0.1) is 5.41 Å². The van der Waals surface area contributed by atoms with E-state index < -0.39 is 0 Å². The maximum absolute atomic E-state index is 7.22. The van der Waals surface area contributed by atoms with Gasteiger partial charge in [-0.3, -0.25) is 5.41 Å². The van der Waals surface area contributed by atoms with E-state index in [4.69, 9.17) is 20.3 Å². The number of aromatic nitrogens is 1. The summed E-state index contributed by atoms with van der Waals surface area (Å²) in [5, 5.41) is 7.35. The number of oxazole rings is 1. The molecule has 0 aliphatic carbocycles. The first-order valence-electron chi connectivity index (χ1n) is 7.89. The summed E-state index contributed by atoms with van der Waals surface area (Å²) >= 11 is 1.31. The van der Waals surface area contributed by atoms with E-state index in [1.807, 2.05) is 54.6 Å². The lowest BCUT2D eigenvalue weighted by Gasteiger charge is -2.06. The molecule has 3 N–H and O–H groups in total. The molecule has 5 nitrogen and oxygen atoms in total. The lowest BCUT2D eigenvalue weighted by atomic mass is 10.2. The van der Waals surface area contributed by atoms with Crippen LogP contribution in [0.2, 0.25) is 0 Å². The first-order chi connectivity index (χ1) is 12.2. The molecule has 136 valence electrons. The zero-order chi connectivity index (χ0) is 17.5. The molecule has 0 saturated heterocycles. The van der Waals surface area contributed by atoms with Crippen molar-refractivity contribution in [2.75, 3.05) is 6.61 Å². The number of halogens is 1. The van der Waals surface area contributed by atoms with Crippen molar-refractivity contribution in [1.82, 2.24) is 4.98 Å². The molecule has 0 saturated carbocycles. The van der Waals surface area contributed by atoms with Crippen molar-refractivity contribution in [1.29, 1.82) is 5.41 Å². The van der Waals surface area contributed by atoms with Crippen LogP contribution >= 0.6 is 28.7 Å². The van der Waals surface area contributed by atoms with Crippen LogP contribution in [0.1, 0.15) is 11.3 Å². The third-order valence-corrected chi connectivity index (χ3v) is 4.31. The van der Waals surface area contributed by atoms with Crippen molar-refractivity contribution in [3.05, 3.63) is 72.1 Å². The van der Waals surface area contributed by atoms with E-state index in [0.29, 0.717) is 24.7 Å². The Kier molecular flexibility index (Phi) is 7.74. The summed E-state index contributed by atoms with van der Waals surface area (Å²) in [5.41, 5.74) is 8.28. The van der Waals surface area contributed by atoms with Crippen molar-refractivity contribution in [2.24, 2.45) is 5.73 Å². The van der Waals surface area contributed by atoms with Gasteiger partial charge in [-0.05, 0) is 29.8 Å². The van der Waals surface area contributed by atoms with Gasteiger partial charge in [0.15, 0.2) is 5.17 Å². The van der Waals surface area contributed by atoms with Gasteiger partial charge in [-0.2, -0.15) is 0 Å². The molecule has 1 aromatic heterocycles. The Morgan fingerprint density at radius 1 is 1.12 bits per heavy atom. The highest BCUT2D eigenvalue weighted by molar-refractivity contribution is 8.93. The molecule has 0 spiro atoms. The number of nitrogens with one attached hydrogen (secondary N) is 1. The molecule has 0 fully saturated rings. The number of nitrogens with zero attached hydrogens (tertiary/aromatic N) is 1. The van der Waals surface area contributed by atoms with E-state index in [0.717, 1.165) is 22.6 Å². The molecule has 7 heteroatoms. The van der Waals surface area contributed by atoms with Crippen LogP contribution in [0.5, 0.6) is 5.75 Å². The number of thioether (sulfide) groups is 1. The van der Waals surface area contributed by atoms with Gasteiger partial charge in [0.2, 0.25) is 5.89 Å². The van der Waals surface area contributed by atoms with E-state index in [2.05, 4.69) is 4.98 Å². The fraction of sp³-hybridized carbons (Fsp3) is 0.158. The predicted octanol–water partition coefficient (Wildman–Crippen LogP) is 4.67. The SMILES string of the molecule is Br.N=C(N)SCc1ccc(OCCc2coc(-c3ccccc3)n2)cc1. The Labute approximate surface area is 167 Å². The monoisotopic (exact) mass is 433 g/mol. The second-order valence-corrected chi connectivity index (χ2v) is 6.42. The quantitative estimate of drug-likeness (QED) is 0.417. The fourth-order valence-corrected chi connectivity index (χ4v) is 2.77. The van der Waals surface area contributed by atoms with Crippen molar-refractivity contribution in [3.63, 3.8) is 0 Å². The first-order valence-corrected chi connectivity index (χ1v) is 8.87. The van der Waals surface area contributed by atoms with E-state index in [1.54, 1.807) is 6.26 Å². The fourth-order valence-electron chi connectivity index (χ4n) is 2.25.